The molecule has 92 valence electrons. The van der Waals surface area contributed by atoms with E-state index >= 15 is 0 Å². The van der Waals surface area contributed by atoms with Gasteiger partial charge in [0.05, 0.1) is 5.56 Å². The molecule has 0 radical (unpaired) electrons. The highest BCUT2D eigenvalue weighted by atomic mass is 32.1. The molecule has 0 N–H and O–H groups in total. The van der Waals surface area contributed by atoms with Crippen LogP contribution in [0.5, 0.6) is 0 Å². The average molecular weight is 249 g/mol. The van der Waals surface area contributed by atoms with Crippen molar-refractivity contribution in [2.75, 3.05) is 0 Å². The van der Waals surface area contributed by atoms with Gasteiger partial charge < -0.3 is 4.90 Å². The molecule has 1 aromatic rings. The van der Waals surface area contributed by atoms with Crippen LogP contribution >= 0.6 is 11.3 Å². The Kier molecular flexibility index (Phi) is 2.95. The van der Waals surface area contributed by atoms with Gasteiger partial charge in [0.15, 0.2) is 0 Å². The van der Waals surface area contributed by atoms with Crippen molar-refractivity contribution in [2.24, 2.45) is 5.92 Å². The van der Waals surface area contributed by atoms with Gasteiger partial charge in [-0.2, -0.15) is 11.3 Å². The van der Waals surface area contributed by atoms with Gasteiger partial charge in [-0.05, 0) is 43.6 Å². The van der Waals surface area contributed by atoms with Crippen LogP contribution in [0.15, 0.2) is 16.8 Å². The summed E-state index contributed by atoms with van der Waals surface area (Å²) in [4.78, 5) is 14.7. The molecule has 0 spiro atoms. The van der Waals surface area contributed by atoms with E-state index in [4.69, 9.17) is 0 Å². The van der Waals surface area contributed by atoms with Crippen molar-refractivity contribution < 1.29 is 4.79 Å². The van der Waals surface area contributed by atoms with Gasteiger partial charge in [-0.1, -0.05) is 12.8 Å². The van der Waals surface area contributed by atoms with Crippen LogP contribution in [0.1, 0.15) is 49.4 Å². The first kappa shape index (κ1) is 11.3. The van der Waals surface area contributed by atoms with Crippen molar-refractivity contribution >= 4 is 17.2 Å². The van der Waals surface area contributed by atoms with Gasteiger partial charge in [-0.3, -0.25) is 4.79 Å². The minimum absolute atomic E-state index is 0.258. The minimum Gasteiger partial charge on any atom is -0.333 e. The summed E-state index contributed by atoms with van der Waals surface area (Å²) in [5, 5.41) is 3.97. The first-order valence-corrected chi connectivity index (χ1v) is 7.56. The maximum absolute atomic E-state index is 12.5. The smallest absolute Gasteiger partial charge is 0.255 e. The summed E-state index contributed by atoms with van der Waals surface area (Å²) < 4.78 is 0. The molecule has 1 aliphatic heterocycles. The minimum atomic E-state index is 0.258. The molecule has 3 atom stereocenters. The zero-order valence-electron chi connectivity index (χ0n) is 10.3. The predicted molar refractivity (Wildman–Crippen MR) is 70.3 cm³/mol. The zero-order valence-corrected chi connectivity index (χ0v) is 11.1. The number of nitrogens with zero attached hydrogens (tertiary/aromatic N) is 1. The Morgan fingerprint density at radius 2 is 2.24 bits per heavy atom. The second-order valence-electron chi connectivity index (χ2n) is 5.42. The normalized spacial score (nSPS) is 32.5. The van der Waals surface area contributed by atoms with Crippen molar-refractivity contribution in [1.29, 1.82) is 0 Å². The molecule has 2 fully saturated rings. The van der Waals surface area contributed by atoms with Crippen LogP contribution in [-0.4, -0.2) is 22.9 Å². The van der Waals surface area contributed by atoms with Crippen molar-refractivity contribution in [2.45, 2.75) is 51.1 Å². The lowest BCUT2D eigenvalue weighted by Gasteiger charge is -2.33. The van der Waals surface area contributed by atoms with Crippen molar-refractivity contribution in [3.63, 3.8) is 0 Å². The third-order valence-corrected chi connectivity index (χ3v) is 5.03. The summed E-state index contributed by atoms with van der Waals surface area (Å²) in [5.74, 6) is 1.02. The van der Waals surface area contributed by atoms with E-state index in [0.717, 1.165) is 11.5 Å². The highest BCUT2D eigenvalue weighted by Crippen LogP contribution is 2.40. The van der Waals surface area contributed by atoms with Crippen molar-refractivity contribution in [1.82, 2.24) is 4.90 Å². The summed E-state index contributed by atoms with van der Waals surface area (Å²) in [7, 11) is 0. The highest BCUT2D eigenvalue weighted by molar-refractivity contribution is 7.08. The lowest BCUT2D eigenvalue weighted by molar-refractivity contribution is 0.0634. The molecule has 3 rings (SSSR count). The lowest BCUT2D eigenvalue weighted by atomic mass is 9.85. The van der Waals surface area contributed by atoms with E-state index in [0.29, 0.717) is 12.1 Å². The van der Waals surface area contributed by atoms with Gasteiger partial charge in [0.2, 0.25) is 0 Å². The maximum atomic E-state index is 12.5. The van der Waals surface area contributed by atoms with Crippen LogP contribution < -0.4 is 0 Å². The number of hydrogen-bond donors (Lipinski definition) is 0. The zero-order chi connectivity index (χ0) is 11.8. The number of thiophene rings is 1. The third-order valence-electron chi connectivity index (χ3n) is 4.35. The number of fused-ring (bicyclic) bond motifs is 1. The average Bonchev–Trinajstić information content (AvgIpc) is 2.94. The molecule has 1 saturated carbocycles. The molecule has 1 aliphatic carbocycles. The van der Waals surface area contributed by atoms with Crippen molar-refractivity contribution in [3.8, 4) is 0 Å². The molecule has 1 aromatic heterocycles. The number of rotatable bonds is 1. The summed E-state index contributed by atoms with van der Waals surface area (Å²) >= 11 is 1.61. The second kappa shape index (κ2) is 4.45. The lowest BCUT2D eigenvalue weighted by Crippen LogP contribution is -2.42. The first-order chi connectivity index (χ1) is 8.27. The number of amides is 1. The summed E-state index contributed by atoms with van der Waals surface area (Å²) in [6.45, 7) is 2.21. The monoisotopic (exact) mass is 249 g/mol. The number of carbonyl (C=O) groups excluding carboxylic acids is 1. The van der Waals surface area contributed by atoms with E-state index in [2.05, 4.69) is 11.8 Å². The molecule has 2 nitrogen and oxygen atoms in total. The Hall–Kier alpha value is -0.830. The first-order valence-electron chi connectivity index (χ1n) is 6.62. The van der Waals surface area contributed by atoms with Gasteiger partial charge in [-0.25, -0.2) is 0 Å². The largest absolute Gasteiger partial charge is 0.333 e. The molecular weight excluding hydrogens is 230 g/mol. The van der Waals surface area contributed by atoms with E-state index in [-0.39, 0.29) is 5.91 Å². The van der Waals surface area contributed by atoms with E-state index in [1.807, 2.05) is 16.8 Å². The topological polar surface area (TPSA) is 20.3 Å². The van der Waals surface area contributed by atoms with E-state index in [1.54, 1.807) is 11.3 Å². The van der Waals surface area contributed by atoms with Gasteiger partial charge in [0.25, 0.3) is 5.91 Å². The molecule has 1 amide bonds. The summed E-state index contributed by atoms with van der Waals surface area (Å²) in [5.41, 5.74) is 0.882. The van der Waals surface area contributed by atoms with Crippen LogP contribution in [-0.2, 0) is 0 Å². The number of carbonyl (C=O) groups is 1. The fourth-order valence-electron chi connectivity index (χ4n) is 3.59. The Bertz CT molecular complexity index is 400. The molecule has 17 heavy (non-hydrogen) atoms. The Labute approximate surface area is 107 Å². The van der Waals surface area contributed by atoms with Gasteiger partial charge in [-0.15, -0.1) is 0 Å². The van der Waals surface area contributed by atoms with Gasteiger partial charge >= 0.3 is 0 Å². The molecule has 0 aromatic carbocycles. The third kappa shape index (κ3) is 1.90. The molecular formula is C14H19NOS. The van der Waals surface area contributed by atoms with Crippen molar-refractivity contribution in [3.05, 3.63) is 22.4 Å². The standard InChI is InChI=1S/C14H19NOS/c1-10-8-11-4-2-3-5-13(11)15(10)14(16)12-6-7-17-9-12/h6-7,9-11,13H,2-5,8H2,1H3. The van der Waals surface area contributed by atoms with Crippen LogP contribution in [0.3, 0.4) is 0 Å². The van der Waals surface area contributed by atoms with E-state index < -0.39 is 0 Å². The fraction of sp³-hybridized carbons (Fsp3) is 0.643. The van der Waals surface area contributed by atoms with Crippen LogP contribution in [0.2, 0.25) is 0 Å². The van der Waals surface area contributed by atoms with Gasteiger partial charge in [0, 0.05) is 17.5 Å². The Balaban J connectivity index is 1.84. The highest BCUT2D eigenvalue weighted by Gasteiger charge is 2.42. The second-order valence-corrected chi connectivity index (χ2v) is 6.20. The molecule has 0 bridgehead atoms. The predicted octanol–water partition coefficient (Wildman–Crippen LogP) is 3.54. The van der Waals surface area contributed by atoms with Crippen LogP contribution in [0.4, 0.5) is 0 Å². The molecule has 1 saturated heterocycles. The number of likely N-dealkylation sites (tertiary alicyclic amines) is 1. The molecule has 2 aliphatic rings. The molecule has 2 heterocycles. The quantitative estimate of drug-likeness (QED) is 0.745. The molecule has 3 unspecified atom stereocenters. The van der Waals surface area contributed by atoms with Crippen LogP contribution in [0.25, 0.3) is 0 Å². The SMILES string of the molecule is CC1CC2CCCCC2N1C(=O)c1ccsc1. The summed E-state index contributed by atoms with van der Waals surface area (Å²) in [6, 6.07) is 2.90. The maximum Gasteiger partial charge on any atom is 0.255 e. The van der Waals surface area contributed by atoms with E-state index in [9.17, 15) is 4.79 Å². The van der Waals surface area contributed by atoms with E-state index in [1.165, 1.54) is 32.1 Å². The number of hydrogen-bond acceptors (Lipinski definition) is 2. The molecule has 3 heteroatoms. The Morgan fingerprint density at radius 3 is 3.00 bits per heavy atom. The fourth-order valence-corrected chi connectivity index (χ4v) is 4.22. The van der Waals surface area contributed by atoms with Gasteiger partial charge in [0.1, 0.15) is 0 Å². The Morgan fingerprint density at radius 1 is 1.41 bits per heavy atom. The summed E-state index contributed by atoms with van der Waals surface area (Å²) in [6.07, 6.45) is 6.39. The van der Waals surface area contributed by atoms with Crippen LogP contribution in [0, 0.1) is 5.92 Å².